The second-order valence-corrected chi connectivity index (χ2v) is 18.9. The number of piperidine rings is 1. The number of ether oxygens (including phenoxy) is 3. The number of carbonyl (C=O) groups excluding carboxylic acids is 4. The highest BCUT2D eigenvalue weighted by Gasteiger charge is 2.72. The molecule has 12 heteroatoms. The van der Waals surface area contributed by atoms with Gasteiger partial charge in [0.25, 0.3) is 10.1 Å². The molecule has 0 aromatic rings. The van der Waals surface area contributed by atoms with Crippen LogP contribution in [0.1, 0.15) is 97.8 Å². The number of allylic oxidation sites excluding steroid dienone is 1. The molecule has 8 unspecified atom stereocenters. The van der Waals surface area contributed by atoms with Gasteiger partial charge < -0.3 is 14.2 Å². The first kappa shape index (κ1) is 33.8. The number of fused-ring (bicyclic) bond motifs is 6. The minimum absolute atomic E-state index is 0.0597. The zero-order valence-electron chi connectivity index (χ0n) is 29.0. The molecule has 8 aliphatic rings. The van der Waals surface area contributed by atoms with Crippen molar-refractivity contribution in [1.82, 2.24) is 4.90 Å². The molecule has 2 bridgehead atoms. The topological polar surface area (TPSA) is 143 Å². The van der Waals surface area contributed by atoms with Gasteiger partial charge in [-0.25, -0.2) is 4.79 Å². The Bertz CT molecular complexity index is 1570. The van der Waals surface area contributed by atoms with E-state index in [4.69, 9.17) is 18.4 Å². The normalized spacial score (nSPS) is 46.3. The maximum atomic E-state index is 13.6. The van der Waals surface area contributed by atoms with E-state index >= 15 is 0 Å². The van der Waals surface area contributed by atoms with E-state index < -0.39 is 75.4 Å². The first-order valence-electron chi connectivity index (χ1n) is 18.7. The van der Waals surface area contributed by atoms with Crippen LogP contribution in [0.15, 0.2) is 11.6 Å². The van der Waals surface area contributed by atoms with E-state index in [1.54, 1.807) is 0 Å². The van der Waals surface area contributed by atoms with Crippen molar-refractivity contribution in [3.8, 4) is 0 Å². The van der Waals surface area contributed by atoms with Crippen molar-refractivity contribution in [2.24, 2.45) is 46.3 Å². The third kappa shape index (κ3) is 5.27. The number of nitrogens with zero attached hydrogens (tertiary/aromatic N) is 1. The lowest BCUT2D eigenvalue weighted by Gasteiger charge is -2.59. The fourth-order valence-corrected chi connectivity index (χ4v) is 14.5. The van der Waals surface area contributed by atoms with Gasteiger partial charge in [0.05, 0.1) is 12.5 Å². The summed E-state index contributed by atoms with van der Waals surface area (Å²) in [5.41, 5.74) is 0.439. The van der Waals surface area contributed by atoms with Crippen LogP contribution in [0.5, 0.6) is 0 Å². The van der Waals surface area contributed by atoms with Gasteiger partial charge in [-0.3, -0.25) is 23.5 Å². The molecular formula is C37H51NO10S. The molecule has 0 spiro atoms. The Labute approximate surface area is 289 Å². The molecule has 0 amide bonds. The van der Waals surface area contributed by atoms with Crippen LogP contribution in [-0.2, 0) is 47.7 Å². The maximum Gasteiger partial charge on any atom is 0.344 e. The second kappa shape index (κ2) is 11.9. The summed E-state index contributed by atoms with van der Waals surface area (Å²) >= 11 is 0. The molecule has 2 aliphatic heterocycles. The van der Waals surface area contributed by atoms with Crippen LogP contribution in [0, 0.1) is 46.3 Å². The number of esters is 3. The summed E-state index contributed by atoms with van der Waals surface area (Å²) < 4.78 is 49.1. The van der Waals surface area contributed by atoms with Gasteiger partial charge >= 0.3 is 17.9 Å². The van der Waals surface area contributed by atoms with E-state index in [1.165, 1.54) is 5.57 Å². The Balaban J connectivity index is 0.907. The first-order valence-corrected chi connectivity index (χ1v) is 20.2. The van der Waals surface area contributed by atoms with Gasteiger partial charge in [-0.2, -0.15) is 8.42 Å². The lowest BCUT2D eigenvalue weighted by molar-refractivity contribution is -0.188. The number of likely N-dealkylation sites (tertiary alicyclic amines) is 1. The number of carbonyl (C=O) groups is 4. The fraction of sp³-hybridized carbons (Fsp3) is 0.838. The van der Waals surface area contributed by atoms with Crippen molar-refractivity contribution in [1.29, 1.82) is 0 Å². The van der Waals surface area contributed by atoms with Crippen LogP contribution in [0.2, 0.25) is 0 Å². The summed E-state index contributed by atoms with van der Waals surface area (Å²) in [6.07, 6.45) is 11.0. The van der Waals surface area contributed by atoms with E-state index in [0.29, 0.717) is 30.6 Å². The molecule has 5 saturated carbocycles. The molecule has 0 N–H and O–H groups in total. The third-order valence-electron chi connectivity index (χ3n) is 15.0. The van der Waals surface area contributed by atoms with E-state index in [2.05, 4.69) is 13.8 Å². The second-order valence-electron chi connectivity index (χ2n) is 17.2. The predicted octanol–water partition coefficient (Wildman–Crippen LogP) is 4.12. The van der Waals surface area contributed by atoms with Crippen molar-refractivity contribution in [2.45, 2.75) is 121 Å². The molecule has 0 aromatic heterocycles. The zero-order valence-corrected chi connectivity index (χ0v) is 29.8. The molecule has 7 fully saturated rings. The lowest BCUT2D eigenvalue weighted by Crippen LogP contribution is -2.55. The van der Waals surface area contributed by atoms with Gasteiger partial charge in [-0.05, 0) is 113 Å². The van der Waals surface area contributed by atoms with Gasteiger partial charge in [0.15, 0.2) is 12.4 Å². The van der Waals surface area contributed by atoms with E-state index in [1.807, 2.05) is 17.9 Å². The van der Waals surface area contributed by atoms with E-state index in [0.717, 1.165) is 77.3 Å². The predicted molar refractivity (Wildman–Crippen MR) is 175 cm³/mol. The molecule has 8 rings (SSSR count). The SMILES string of the molecule is CC1(OC(=O)COC(=O)C2C3CC4C(OS(=O)(=O)C42)C3OC(=O)CN2CCCCC2)CC[C@H]2C3CCC4=CC(=O)CC[C@]4(C)[C@H]3CC[C@@]21C. The van der Waals surface area contributed by atoms with Gasteiger partial charge in [-0.1, -0.05) is 25.8 Å². The molecule has 270 valence electrons. The van der Waals surface area contributed by atoms with Crippen molar-refractivity contribution in [3.63, 3.8) is 0 Å². The van der Waals surface area contributed by atoms with Crippen LogP contribution in [-0.4, -0.2) is 86.3 Å². The summed E-state index contributed by atoms with van der Waals surface area (Å²) in [4.78, 5) is 54.1. The summed E-state index contributed by atoms with van der Waals surface area (Å²) in [5, 5.41) is -1.07. The van der Waals surface area contributed by atoms with Crippen LogP contribution >= 0.6 is 0 Å². The Morgan fingerprint density at radius 3 is 2.45 bits per heavy atom. The monoisotopic (exact) mass is 701 g/mol. The lowest BCUT2D eigenvalue weighted by atomic mass is 9.46. The third-order valence-corrected chi connectivity index (χ3v) is 16.8. The molecule has 49 heavy (non-hydrogen) atoms. The van der Waals surface area contributed by atoms with Crippen LogP contribution in [0.3, 0.4) is 0 Å². The van der Waals surface area contributed by atoms with Gasteiger partial charge in [0.2, 0.25) is 0 Å². The van der Waals surface area contributed by atoms with Crippen molar-refractivity contribution >= 4 is 33.8 Å². The van der Waals surface area contributed by atoms with Crippen molar-refractivity contribution in [2.75, 3.05) is 26.2 Å². The number of hydrogen-bond acceptors (Lipinski definition) is 11. The largest absolute Gasteiger partial charge is 0.458 e. The number of rotatable bonds is 7. The van der Waals surface area contributed by atoms with Gasteiger partial charge in [0.1, 0.15) is 23.1 Å². The highest BCUT2D eigenvalue weighted by atomic mass is 32.2. The Morgan fingerprint density at radius 2 is 1.67 bits per heavy atom. The van der Waals surface area contributed by atoms with Crippen LogP contribution in [0.25, 0.3) is 0 Å². The fourth-order valence-electron chi connectivity index (χ4n) is 12.4. The number of hydrogen-bond donors (Lipinski definition) is 0. The first-order chi connectivity index (χ1) is 23.2. The highest BCUT2D eigenvalue weighted by Crippen LogP contribution is 2.68. The maximum absolute atomic E-state index is 13.6. The molecule has 2 heterocycles. The molecule has 11 nitrogen and oxygen atoms in total. The summed E-state index contributed by atoms with van der Waals surface area (Å²) in [6.45, 7) is 7.77. The summed E-state index contributed by atoms with van der Waals surface area (Å²) in [5.74, 6) is -2.28. The molecule has 0 radical (unpaired) electrons. The number of ketones is 1. The molecule has 0 aromatic carbocycles. The molecule has 6 aliphatic carbocycles. The Hall–Kier alpha value is -2.31. The van der Waals surface area contributed by atoms with E-state index in [9.17, 15) is 27.6 Å². The van der Waals surface area contributed by atoms with Gasteiger partial charge in [-0.15, -0.1) is 0 Å². The minimum atomic E-state index is -4.07. The summed E-state index contributed by atoms with van der Waals surface area (Å²) in [7, 11) is -4.07. The average molecular weight is 702 g/mol. The smallest absolute Gasteiger partial charge is 0.344 e. The zero-order chi connectivity index (χ0) is 34.5. The van der Waals surface area contributed by atoms with Crippen molar-refractivity contribution < 1.29 is 46.0 Å². The Kier molecular flexibility index (Phi) is 8.19. The Morgan fingerprint density at radius 1 is 0.918 bits per heavy atom. The minimum Gasteiger partial charge on any atom is -0.458 e. The quantitative estimate of drug-likeness (QED) is 0.215. The molecule has 12 atom stereocenters. The molecular weight excluding hydrogens is 650 g/mol. The van der Waals surface area contributed by atoms with E-state index in [-0.39, 0.29) is 23.2 Å². The molecule has 2 saturated heterocycles. The van der Waals surface area contributed by atoms with Crippen molar-refractivity contribution in [3.05, 3.63) is 11.6 Å². The summed E-state index contributed by atoms with van der Waals surface area (Å²) in [6, 6.07) is 0. The average Bonchev–Trinajstić information content (AvgIpc) is 3.73. The van der Waals surface area contributed by atoms with Crippen LogP contribution in [0.4, 0.5) is 0 Å². The van der Waals surface area contributed by atoms with Crippen LogP contribution < -0.4 is 0 Å². The van der Waals surface area contributed by atoms with Gasteiger partial charge in [0, 0.05) is 23.7 Å². The highest BCUT2D eigenvalue weighted by molar-refractivity contribution is 7.87. The standard InChI is InChI=1S/C37H51NO10S/c1-35-12-9-22(39)17-21(35)7-8-23-26(35)10-13-36(2)27(23)11-14-37(36,3)47-29(41)20-45-34(42)30-24-18-25-32(48-49(43,44)33(25)30)31(24)46-28(40)19-38-15-5-4-6-16-38/h17,23-27,30-33H,4-16,18-20H2,1-3H3/t23?,24?,25?,26-,27-,30?,31?,32?,33?,35-,36-,37?/m0/s1.